The van der Waals surface area contributed by atoms with E-state index in [4.69, 9.17) is 0 Å². The Morgan fingerprint density at radius 3 is 1.37 bits per heavy atom. The molecule has 0 saturated carbocycles. The highest BCUT2D eigenvalue weighted by atomic mass is 15.2. The first kappa shape index (κ1) is 37.3. The van der Waals surface area contributed by atoms with Crippen LogP contribution in [-0.2, 0) is 5.41 Å². The molecule has 62 heavy (non-hydrogen) atoms. The molecule has 0 heterocycles. The van der Waals surface area contributed by atoms with Gasteiger partial charge < -0.3 is 4.90 Å². The molecule has 0 aromatic heterocycles. The summed E-state index contributed by atoms with van der Waals surface area (Å²) in [5.74, 6) is 0. The van der Waals surface area contributed by atoms with Gasteiger partial charge in [-0.15, -0.1) is 0 Å². The molecule has 1 aliphatic carbocycles. The van der Waals surface area contributed by atoms with Crippen LogP contribution >= 0.6 is 0 Å². The van der Waals surface area contributed by atoms with Crippen molar-refractivity contribution in [3.63, 3.8) is 0 Å². The minimum absolute atomic E-state index is 0.131. The molecule has 0 fully saturated rings. The Balaban J connectivity index is 1.07. The summed E-state index contributed by atoms with van der Waals surface area (Å²) in [4.78, 5) is 2.52. The summed E-state index contributed by atoms with van der Waals surface area (Å²) in [6, 6.07) is 86.6. The molecule has 10 aromatic rings. The zero-order valence-electron chi connectivity index (χ0n) is 35.0. The number of anilines is 3. The summed E-state index contributed by atoms with van der Waals surface area (Å²) >= 11 is 0. The Morgan fingerprint density at radius 1 is 0.290 bits per heavy atom. The van der Waals surface area contributed by atoms with E-state index in [2.05, 4.69) is 255 Å². The average Bonchev–Trinajstić information content (AvgIpc) is 3.58. The van der Waals surface area contributed by atoms with Crippen molar-refractivity contribution in [1.82, 2.24) is 0 Å². The Hall–Kier alpha value is -7.74. The van der Waals surface area contributed by atoms with Gasteiger partial charge >= 0.3 is 0 Å². The first-order valence-corrected chi connectivity index (χ1v) is 21.6. The third-order valence-electron chi connectivity index (χ3n) is 12.9. The lowest BCUT2D eigenvalue weighted by Crippen LogP contribution is -2.16. The van der Waals surface area contributed by atoms with Gasteiger partial charge in [0, 0.05) is 22.1 Å². The first-order valence-electron chi connectivity index (χ1n) is 21.6. The fourth-order valence-corrected chi connectivity index (χ4v) is 9.90. The summed E-state index contributed by atoms with van der Waals surface area (Å²) in [7, 11) is 0. The normalized spacial score (nSPS) is 12.5. The Morgan fingerprint density at radius 2 is 0.710 bits per heavy atom. The van der Waals surface area contributed by atoms with Crippen LogP contribution in [0.15, 0.2) is 237 Å². The predicted octanol–water partition coefficient (Wildman–Crippen LogP) is 17.0. The third kappa shape index (κ3) is 6.33. The number of fused-ring (bicyclic) bond motifs is 4. The van der Waals surface area contributed by atoms with Crippen LogP contribution in [0.4, 0.5) is 17.1 Å². The molecule has 0 bridgehead atoms. The Kier molecular flexibility index (Phi) is 9.24. The highest BCUT2D eigenvalue weighted by Crippen LogP contribution is 2.55. The third-order valence-corrected chi connectivity index (χ3v) is 12.9. The van der Waals surface area contributed by atoms with E-state index in [0.717, 1.165) is 16.9 Å². The van der Waals surface area contributed by atoms with Crippen LogP contribution in [0.1, 0.15) is 25.0 Å². The van der Waals surface area contributed by atoms with Crippen molar-refractivity contribution in [2.45, 2.75) is 19.3 Å². The largest absolute Gasteiger partial charge is 0.309 e. The summed E-state index contributed by atoms with van der Waals surface area (Å²) in [6.07, 6.45) is 0. The van der Waals surface area contributed by atoms with Crippen LogP contribution in [0.3, 0.4) is 0 Å². The lowest BCUT2D eigenvalue weighted by atomic mass is 9.82. The van der Waals surface area contributed by atoms with Crippen molar-refractivity contribution in [3.8, 4) is 66.8 Å². The molecule has 10 aromatic carbocycles. The van der Waals surface area contributed by atoms with E-state index in [1.54, 1.807) is 0 Å². The van der Waals surface area contributed by atoms with E-state index in [1.807, 2.05) is 0 Å². The molecule has 0 amide bonds. The molecule has 0 atom stereocenters. The summed E-state index contributed by atoms with van der Waals surface area (Å²) < 4.78 is 0. The Labute approximate surface area is 364 Å². The topological polar surface area (TPSA) is 3.24 Å². The highest BCUT2D eigenvalue weighted by Gasteiger charge is 2.38. The summed E-state index contributed by atoms with van der Waals surface area (Å²) in [5, 5.41) is 2.49. The minimum Gasteiger partial charge on any atom is -0.309 e. The number of rotatable bonds is 8. The minimum atomic E-state index is -0.131. The van der Waals surface area contributed by atoms with E-state index in [-0.39, 0.29) is 5.41 Å². The molecule has 0 spiro atoms. The van der Waals surface area contributed by atoms with E-state index in [1.165, 1.54) is 88.8 Å². The van der Waals surface area contributed by atoms with Crippen LogP contribution in [0.25, 0.3) is 77.5 Å². The molecule has 0 N–H and O–H groups in total. The molecule has 1 heteroatoms. The molecule has 0 aliphatic heterocycles. The molecule has 0 unspecified atom stereocenters. The molecular weight excluding hydrogens is 747 g/mol. The first-order chi connectivity index (χ1) is 30.5. The van der Waals surface area contributed by atoms with E-state index < -0.39 is 0 Å². The van der Waals surface area contributed by atoms with Gasteiger partial charge in [0.25, 0.3) is 0 Å². The molecule has 0 radical (unpaired) electrons. The predicted molar refractivity (Wildman–Crippen MR) is 263 cm³/mol. The number of para-hydroxylation sites is 2. The lowest BCUT2D eigenvalue weighted by Gasteiger charge is -2.32. The van der Waals surface area contributed by atoms with Crippen molar-refractivity contribution >= 4 is 27.8 Å². The standard InChI is InChI=1S/C61H45N/c1-61(2)54-32-12-9-29-53(54)60-55(61)33-18-36-58(60)62(56-34-13-10-27-49(56)43-21-7-4-8-22-43)57-35-14-11-28-50(57)44-37-39-45(40-38-44)51-30-16-23-46-24-17-31-52(59(46)51)48-26-15-25-47(41-48)42-19-5-3-6-20-42/h3-41H,1-2H3. The van der Waals surface area contributed by atoms with E-state index in [9.17, 15) is 0 Å². The molecule has 294 valence electrons. The van der Waals surface area contributed by atoms with Crippen LogP contribution < -0.4 is 4.90 Å². The van der Waals surface area contributed by atoms with Crippen molar-refractivity contribution < 1.29 is 0 Å². The second kappa shape index (κ2) is 15.4. The molecule has 0 saturated heterocycles. The van der Waals surface area contributed by atoms with E-state index in [0.29, 0.717) is 0 Å². The van der Waals surface area contributed by atoms with Crippen LogP contribution in [0, 0.1) is 0 Å². The van der Waals surface area contributed by atoms with Gasteiger partial charge in [0.15, 0.2) is 0 Å². The zero-order chi connectivity index (χ0) is 41.6. The quantitative estimate of drug-likeness (QED) is 0.148. The number of hydrogen-bond donors (Lipinski definition) is 0. The van der Waals surface area contributed by atoms with Crippen LogP contribution in [-0.4, -0.2) is 0 Å². The SMILES string of the molecule is CC1(C)c2ccccc2-c2c(N(c3ccccc3-c3ccccc3)c3ccccc3-c3ccc(-c4cccc5cccc(-c6cccc(-c7ccccc7)c6)c45)cc3)cccc21. The van der Waals surface area contributed by atoms with Gasteiger partial charge in [-0.25, -0.2) is 0 Å². The maximum Gasteiger partial charge on any atom is 0.0543 e. The number of hydrogen-bond acceptors (Lipinski definition) is 1. The van der Waals surface area contributed by atoms with Gasteiger partial charge in [-0.2, -0.15) is 0 Å². The van der Waals surface area contributed by atoms with Crippen molar-refractivity contribution in [2.75, 3.05) is 4.90 Å². The van der Waals surface area contributed by atoms with Crippen LogP contribution in [0.2, 0.25) is 0 Å². The summed E-state index contributed by atoms with van der Waals surface area (Å²) in [6.45, 7) is 4.72. The monoisotopic (exact) mass is 791 g/mol. The second-order valence-corrected chi connectivity index (χ2v) is 16.8. The zero-order valence-corrected chi connectivity index (χ0v) is 35.0. The average molecular weight is 792 g/mol. The maximum atomic E-state index is 2.52. The maximum absolute atomic E-state index is 2.52. The van der Waals surface area contributed by atoms with Crippen molar-refractivity contribution in [1.29, 1.82) is 0 Å². The highest BCUT2D eigenvalue weighted by molar-refractivity contribution is 6.07. The van der Waals surface area contributed by atoms with Crippen LogP contribution in [0.5, 0.6) is 0 Å². The van der Waals surface area contributed by atoms with Gasteiger partial charge in [-0.05, 0) is 96.2 Å². The van der Waals surface area contributed by atoms with Gasteiger partial charge in [-0.3, -0.25) is 0 Å². The molecule has 1 nitrogen and oxygen atoms in total. The van der Waals surface area contributed by atoms with Gasteiger partial charge in [0.05, 0.1) is 17.1 Å². The van der Waals surface area contributed by atoms with Crippen molar-refractivity contribution in [3.05, 3.63) is 248 Å². The number of benzene rings is 10. The van der Waals surface area contributed by atoms with Crippen molar-refractivity contribution in [2.24, 2.45) is 0 Å². The second-order valence-electron chi connectivity index (χ2n) is 16.8. The lowest BCUT2D eigenvalue weighted by molar-refractivity contribution is 0.660. The van der Waals surface area contributed by atoms with Gasteiger partial charge in [0.1, 0.15) is 0 Å². The molecule has 1 aliphatic rings. The number of nitrogens with zero attached hydrogens (tertiary/aromatic N) is 1. The Bertz CT molecular complexity index is 3240. The van der Waals surface area contributed by atoms with E-state index >= 15 is 0 Å². The van der Waals surface area contributed by atoms with Gasteiger partial charge in [-0.1, -0.05) is 226 Å². The smallest absolute Gasteiger partial charge is 0.0543 e. The molecular formula is C61H45N. The fraction of sp³-hybridized carbons (Fsp3) is 0.0492. The fourth-order valence-electron chi connectivity index (χ4n) is 9.90. The summed E-state index contributed by atoms with van der Waals surface area (Å²) in [5.41, 5.74) is 20.6. The molecule has 11 rings (SSSR count). The van der Waals surface area contributed by atoms with Gasteiger partial charge in [0.2, 0.25) is 0 Å².